The number of nitrogens with one attached hydrogen (secondary N) is 1. The van der Waals surface area contributed by atoms with Crippen LogP contribution in [-0.4, -0.2) is 56.2 Å². The highest BCUT2D eigenvalue weighted by molar-refractivity contribution is 5.83. The van der Waals surface area contributed by atoms with Gasteiger partial charge in [0.05, 0.1) is 5.54 Å². The second kappa shape index (κ2) is 5.15. The molecule has 130 valence electrons. The molecule has 4 saturated carbocycles. The predicted octanol–water partition coefficient (Wildman–Crippen LogP) is -0.152. The smallest absolute Gasteiger partial charge is 0.314 e. The molecule has 2 unspecified atom stereocenters. The number of hydrogen-bond donors (Lipinski definition) is 2. The molecule has 24 heavy (non-hydrogen) atoms. The molecular formula is C15H23N7O2. The first-order valence-electron chi connectivity index (χ1n) is 8.45. The molecule has 4 bridgehead atoms. The van der Waals surface area contributed by atoms with E-state index >= 15 is 0 Å². The minimum Gasteiger partial charge on any atom is -0.351 e. The zero-order valence-electron chi connectivity index (χ0n) is 13.8. The number of tetrazole rings is 1. The molecule has 2 atom stereocenters. The van der Waals surface area contributed by atoms with Crippen molar-refractivity contribution in [2.24, 2.45) is 17.6 Å². The van der Waals surface area contributed by atoms with Crippen LogP contribution in [0.1, 0.15) is 38.5 Å². The van der Waals surface area contributed by atoms with Gasteiger partial charge in [-0.1, -0.05) is 0 Å². The Kier molecular flexibility index (Phi) is 3.29. The van der Waals surface area contributed by atoms with Gasteiger partial charge in [0.1, 0.15) is 6.54 Å². The summed E-state index contributed by atoms with van der Waals surface area (Å²) in [7, 11) is 1.53. The van der Waals surface area contributed by atoms with Gasteiger partial charge in [-0.3, -0.25) is 4.79 Å². The monoisotopic (exact) mass is 333 g/mol. The Morgan fingerprint density at radius 2 is 2.04 bits per heavy atom. The number of rotatable bonds is 4. The number of amides is 3. The SMILES string of the molecule is CN(CC(=O)NC12CC3CC(C1)CC(n1ncnn1)(C3)C2)C(N)=O. The van der Waals surface area contributed by atoms with E-state index in [0.717, 1.165) is 32.1 Å². The lowest BCUT2D eigenvalue weighted by Gasteiger charge is -2.61. The maximum atomic E-state index is 12.4. The molecule has 0 spiro atoms. The highest BCUT2D eigenvalue weighted by Crippen LogP contribution is 2.60. The van der Waals surface area contributed by atoms with E-state index in [1.165, 1.54) is 24.7 Å². The molecule has 1 heterocycles. The van der Waals surface area contributed by atoms with E-state index in [1.54, 1.807) is 4.80 Å². The van der Waals surface area contributed by atoms with Crippen molar-refractivity contribution >= 4 is 11.9 Å². The van der Waals surface area contributed by atoms with Crippen LogP contribution in [0.3, 0.4) is 0 Å². The van der Waals surface area contributed by atoms with Crippen molar-refractivity contribution in [3.05, 3.63) is 6.33 Å². The van der Waals surface area contributed by atoms with Crippen LogP contribution >= 0.6 is 0 Å². The zero-order chi connectivity index (χ0) is 16.9. The van der Waals surface area contributed by atoms with Crippen molar-refractivity contribution < 1.29 is 9.59 Å². The van der Waals surface area contributed by atoms with Gasteiger partial charge in [0.2, 0.25) is 5.91 Å². The van der Waals surface area contributed by atoms with Gasteiger partial charge in [-0.2, -0.15) is 4.80 Å². The summed E-state index contributed by atoms with van der Waals surface area (Å²) >= 11 is 0. The molecule has 0 radical (unpaired) electrons. The van der Waals surface area contributed by atoms with Gasteiger partial charge in [-0.25, -0.2) is 4.79 Å². The summed E-state index contributed by atoms with van der Waals surface area (Å²) in [5, 5.41) is 15.6. The van der Waals surface area contributed by atoms with Crippen LogP contribution in [0.4, 0.5) is 4.79 Å². The number of carbonyl (C=O) groups is 2. The highest BCUT2D eigenvalue weighted by atomic mass is 16.2. The van der Waals surface area contributed by atoms with Crippen molar-refractivity contribution in [2.45, 2.75) is 49.6 Å². The Labute approximate surface area is 139 Å². The number of nitrogens with zero attached hydrogens (tertiary/aromatic N) is 5. The van der Waals surface area contributed by atoms with Crippen LogP contribution in [0.2, 0.25) is 0 Å². The molecule has 3 N–H and O–H groups in total. The van der Waals surface area contributed by atoms with Gasteiger partial charge in [-0.05, 0) is 55.6 Å². The second-order valence-corrected chi connectivity index (χ2v) is 7.93. The number of hydrogen-bond acceptors (Lipinski definition) is 5. The van der Waals surface area contributed by atoms with Crippen molar-refractivity contribution in [1.82, 2.24) is 30.4 Å². The van der Waals surface area contributed by atoms with E-state index in [2.05, 4.69) is 20.7 Å². The van der Waals surface area contributed by atoms with Crippen molar-refractivity contribution in [3.8, 4) is 0 Å². The average Bonchev–Trinajstić information content (AvgIpc) is 2.99. The second-order valence-electron chi connectivity index (χ2n) is 7.93. The van der Waals surface area contributed by atoms with E-state index in [9.17, 15) is 9.59 Å². The molecule has 4 aliphatic rings. The first-order chi connectivity index (χ1) is 11.4. The topological polar surface area (TPSA) is 119 Å². The van der Waals surface area contributed by atoms with E-state index in [1.807, 2.05) is 0 Å². The summed E-state index contributed by atoms with van der Waals surface area (Å²) in [6.45, 7) is -0.0129. The third-order valence-electron chi connectivity index (χ3n) is 5.97. The lowest BCUT2D eigenvalue weighted by molar-refractivity contribution is -0.131. The molecule has 5 rings (SSSR count). The highest BCUT2D eigenvalue weighted by Gasteiger charge is 2.60. The molecule has 9 nitrogen and oxygen atoms in total. The van der Waals surface area contributed by atoms with Gasteiger partial charge < -0.3 is 16.0 Å². The summed E-state index contributed by atoms with van der Waals surface area (Å²) in [6, 6.07) is -0.598. The summed E-state index contributed by atoms with van der Waals surface area (Å²) in [5.74, 6) is 0.998. The predicted molar refractivity (Wildman–Crippen MR) is 83.6 cm³/mol. The molecule has 4 fully saturated rings. The van der Waals surface area contributed by atoms with Gasteiger partial charge in [-0.15, -0.1) is 10.2 Å². The molecule has 1 aromatic heterocycles. The zero-order valence-corrected chi connectivity index (χ0v) is 13.8. The number of primary amides is 1. The average molecular weight is 333 g/mol. The van der Waals surface area contributed by atoms with Crippen molar-refractivity contribution in [1.29, 1.82) is 0 Å². The lowest BCUT2D eigenvalue weighted by Crippen LogP contribution is -2.66. The molecule has 0 saturated heterocycles. The quantitative estimate of drug-likeness (QED) is 0.794. The fourth-order valence-corrected chi connectivity index (χ4v) is 5.61. The number of carbonyl (C=O) groups excluding carboxylic acids is 2. The minimum absolute atomic E-state index is 0.0129. The maximum absolute atomic E-state index is 12.4. The van der Waals surface area contributed by atoms with Gasteiger partial charge >= 0.3 is 6.03 Å². The number of aromatic nitrogens is 4. The van der Waals surface area contributed by atoms with Crippen molar-refractivity contribution in [2.75, 3.05) is 13.6 Å². The Morgan fingerprint density at radius 3 is 2.62 bits per heavy atom. The number of nitrogens with two attached hydrogens (primary N) is 1. The van der Waals surface area contributed by atoms with E-state index < -0.39 is 6.03 Å². The van der Waals surface area contributed by atoms with Crippen LogP contribution in [0, 0.1) is 11.8 Å². The van der Waals surface area contributed by atoms with Gasteiger partial charge in [0.15, 0.2) is 6.33 Å². The summed E-state index contributed by atoms with van der Waals surface area (Å²) < 4.78 is 0. The fraction of sp³-hybridized carbons (Fsp3) is 0.800. The Morgan fingerprint density at radius 1 is 1.33 bits per heavy atom. The summed E-state index contributed by atoms with van der Waals surface area (Å²) in [6.07, 6.45) is 7.62. The Hall–Kier alpha value is -2.19. The normalized spacial score (nSPS) is 36.5. The largest absolute Gasteiger partial charge is 0.351 e. The fourth-order valence-electron chi connectivity index (χ4n) is 5.61. The van der Waals surface area contributed by atoms with E-state index in [4.69, 9.17) is 5.73 Å². The first kappa shape index (κ1) is 15.3. The number of likely N-dealkylation sites (N-methyl/N-ethyl adjacent to an activating group) is 1. The molecular weight excluding hydrogens is 310 g/mol. The number of urea groups is 1. The van der Waals surface area contributed by atoms with Crippen LogP contribution in [-0.2, 0) is 10.3 Å². The summed E-state index contributed by atoms with van der Waals surface area (Å²) in [5.41, 5.74) is 4.85. The van der Waals surface area contributed by atoms with E-state index in [-0.39, 0.29) is 23.5 Å². The first-order valence-corrected chi connectivity index (χ1v) is 8.45. The maximum Gasteiger partial charge on any atom is 0.314 e. The Balaban J connectivity index is 1.55. The van der Waals surface area contributed by atoms with Gasteiger partial charge in [0.25, 0.3) is 0 Å². The summed E-state index contributed by atoms with van der Waals surface area (Å²) in [4.78, 5) is 26.6. The molecule has 0 aliphatic heterocycles. The molecule has 0 aromatic carbocycles. The standard InChI is InChI=1S/C15H23N7O2/c1-21(13(16)24)7-12(23)19-14-3-10-2-11(4-14)6-15(5-10,8-14)22-18-9-17-20-22/h9-11H,2-8H2,1H3,(H2,16,24)(H,19,23). The minimum atomic E-state index is -0.598. The van der Waals surface area contributed by atoms with Gasteiger partial charge in [0, 0.05) is 12.6 Å². The third kappa shape index (κ3) is 2.42. The Bertz CT molecular complexity index is 645. The van der Waals surface area contributed by atoms with E-state index in [0.29, 0.717) is 11.8 Å². The molecule has 3 amide bonds. The van der Waals surface area contributed by atoms with Crippen molar-refractivity contribution in [3.63, 3.8) is 0 Å². The van der Waals surface area contributed by atoms with Crippen LogP contribution in [0.25, 0.3) is 0 Å². The van der Waals surface area contributed by atoms with Crippen LogP contribution < -0.4 is 11.1 Å². The van der Waals surface area contributed by atoms with Crippen LogP contribution in [0.15, 0.2) is 6.33 Å². The molecule has 9 heteroatoms. The molecule has 1 aromatic rings. The third-order valence-corrected chi connectivity index (χ3v) is 5.97. The molecule has 4 aliphatic carbocycles. The lowest BCUT2D eigenvalue weighted by atomic mass is 9.50. The van der Waals surface area contributed by atoms with Crippen LogP contribution in [0.5, 0.6) is 0 Å².